The molecule has 0 aromatic carbocycles. The molecular weight excluding hydrogens is 246 g/mol. The van der Waals surface area contributed by atoms with Crippen LogP contribution in [0.1, 0.15) is 0 Å². The maximum absolute atomic E-state index is 4.40. The highest BCUT2D eigenvalue weighted by molar-refractivity contribution is 7.13. The second-order valence-corrected chi connectivity index (χ2v) is 4.34. The molecule has 0 amide bonds. The van der Waals surface area contributed by atoms with Crippen molar-refractivity contribution in [3.05, 3.63) is 48.2 Å². The van der Waals surface area contributed by atoms with Gasteiger partial charge in [-0.25, -0.2) is 19.9 Å². The number of rotatable bonds is 3. The lowest BCUT2D eigenvalue weighted by atomic mass is 10.4. The lowest BCUT2D eigenvalue weighted by Gasteiger charge is -2.03. The molecule has 0 radical (unpaired) electrons. The van der Waals surface area contributed by atoms with E-state index in [1.54, 1.807) is 29.9 Å². The average molecular weight is 255 g/mol. The molecule has 0 saturated carbocycles. The second kappa shape index (κ2) is 4.89. The first kappa shape index (κ1) is 10.8. The highest BCUT2D eigenvalue weighted by atomic mass is 32.1. The van der Waals surface area contributed by atoms with E-state index in [-0.39, 0.29) is 0 Å². The zero-order valence-corrected chi connectivity index (χ0v) is 10.1. The molecule has 18 heavy (non-hydrogen) atoms. The van der Waals surface area contributed by atoms with Crippen LogP contribution in [0.15, 0.2) is 48.2 Å². The summed E-state index contributed by atoms with van der Waals surface area (Å²) in [4.78, 5) is 16.9. The number of aromatic nitrogens is 4. The zero-order chi connectivity index (χ0) is 12.2. The van der Waals surface area contributed by atoms with Gasteiger partial charge in [-0.3, -0.25) is 0 Å². The van der Waals surface area contributed by atoms with Gasteiger partial charge in [0.05, 0.1) is 0 Å². The van der Waals surface area contributed by atoms with Crippen LogP contribution in [0.5, 0.6) is 0 Å². The largest absolute Gasteiger partial charge is 0.309 e. The van der Waals surface area contributed by atoms with Gasteiger partial charge in [0.25, 0.3) is 0 Å². The number of hydrogen-bond donors (Lipinski definition) is 1. The van der Waals surface area contributed by atoms with Crippen molar-refractivity contribution in [1.82, 2.24) is 19.9 Å². The normalized spacial score (nSPS) is 10.2. The molecule has 0 unspecified atom stereocenters. The third kappa shape index (κ3) is 2.33. The number of nitrogens with one attached hydrogen (secondary N) is 1. The van der Waals surface area contributed by atoms with Crippen molar-refractivity contribution in [3.63, 3.8) is 0 Å². The molecule has 0 aliphatic carbocycles. The average Bonchev–Trinajstić information content (AvgIpc) is 2.94. The summed E-state index contributed by atoms with van der Waals surface area (Å²) in [5, 5.41) is 5.85. The molecule has 0 aliphatic rings. The van der Waals surface area contributed by atoms with Gasteiger partial charge < -0.3 is 5.32 Å². The molecule has 3 aromatic heterocycles. The Labute approximate surface area is 108 Å². The van der Waals surface area contributed by atoms with Gasteiger partial charge in [0.15, 0.2) is 0 Å². The van der Waals surface area contributed by atoms with Crippen LogP contribution < -0.4 is 5.32 Å². The Hall–Kier alpha value is -2.34. The fraction of sp³-hybridized carbons (Fsp3) is 0. The predicted octanol–water partition coefficient (Wildman–Crippen LogP) is 2.74. The highest BCUT2D eigenvalue weighted by Gasteiger charge is 2.04. The summed E-state index contributed by atoms with van der Waals surface area (Å²) in [5.74, 6) is 1.23. The van der Waals surface area contributed by atoms with Gasteiger partial charge in [0, 0.05) is 24.0 Å². The number of nitrogens with zero attached hydrogens (tertiary/aromatic N) is 4. The van der Waals surface area contributed by atoms with Crippen LogP contribution in [0.25, 0.3) is 10.7 Å². The summed E-state index contributed by atoms with van der Waals surface area (Å²) in [5.41, 5.74) is 0.804. The molecule has 6 heteroatoms. The first-order valence-electron chi connectivity index (χ1n) is 5.33. The molecule has 5 nitrogen and oxygen atoms in total. The third-order valence-corrected chi connectivity index (χ3v) is 3.01. The predicted molar refractivity (Wildman–Crippen MR) is 70.7 cm³/mol. The molecule has 0 bridgehead atoms. The lowest BCUT2D eigenvalue weighted by molar-refractivity contribution is 1.15. The van der Waals surface area contributed by atoms with Crippen LogP contribution in [0.4, 0.5) is 11.8 Å². The summed E-state index contributed by atoms with van der Waals surface area (Å²) in [6, 6.07) is 7.46. The van der Waals surface area contributed by atoms with Gasteiger partial charge in [-0.1, -0.05) is 6.07 Å². The molecule has 1 N–H and O–H groups in total. The Bertz CT molecular complexity index is 624. The van der Waals surface area contributed by atoms with Gasteiger partial charge in [0.2, 0.25) is 5.95 Å². The molecule has 88 valence electrons. The van der Waals surface area contributed by atoms with E-state index in [1.807, 2.05) is 29.6 Å². The van der Waals surface area contributed by atoms with Crippen molar-refractivity contribution in [1.29, 1.82) is 0 Å². The molecular formula is C12H9N5S. The Morgan fingerprint density at radius 1 is 0.944 bits per heavy atom. The van der Waals surface area contributed by atoms with E-state index in [0.717, 1.165) is 10.7 Å². The van der Waals surface area contributed by atoms with Crippen LogP contribution >= 0.6 is 11.3 Å². The zero-order valence-electron chi connectivity index (χ0n) is 9.32. The highest BCUT2D eigenvalue weighted by Crippen LogP contribution is 2.20. The van der Waals surface area contributed by atoms with E-state index in [9.17, 15) is 0 Å². The topological polar surface area (TPSA) is 63.6 Å². The van der Waals surface area contributed by atoms with Gasteiger partial charge in [0.1, 0.15) is 16.5 Å². The molecule has 0 spiro atoms. The van der Waals surface area contributed by atoms with Gasteiger partial charge in [-0.05, 0) is 18.2 Å². The number of hydrogen-bond acceptors (Lipinski definition) is 6. The fourth-order valence-corrected chi connectivity index (χ4v) is 2.05. The maximum atomic E-state index is 4.40. The minimum Gasteiger partial charge on any atom is -0.309 e. The fourth-order valence-electron chi connectivity index (χ4n) is 1.44. The third-order valence-electron chi connectivity index (χ3n) is 2.21. The van der Waals surface area contributed by atoms with Crippen LogP contribution in [0.2, 0.25) is 0 Å². The Kier molecular flexibility index (Phi) is 2.93. The van der Waals surface area contributed by atoms with Crippen LogP contribution in [0.3, 0.4) is 0 Å². The van der Waals surface area contributed by atoms with Crippen LogP contribution in [0, 0.1) is 0 Å². The summed E-state index contributed by atoms with van der Waals surface area (Å²) in [7, 11) is 0. The quantitative estimate of drug-likeness (QED) is 0.779. The SMILES string of the molecule is c1ccc(Nc2nccc(-c3nccs3)n2)nc1. The number of thiazole rings is 1. The molecule has 0 saturated heterocycles. The van der Waals surface area contributed by atoms with Crippen molar-refractivity contribution in [2.45, 2.75) is 0 Å². The molecule has 0 atom stereocenters. The lowest BCUT2D eigenvalue weighted by Crippen LogP contribution is -1.98. The monoisotopic (exact) mass is 255 g/mol. The van der Waals surface area contributed by atoms with E-state index < -0.39 is 0 Å². The first-order chi connectivity index (χ1) is 8.92. The van der Waals surface area contributed by atoms with Crippen molar-refractivity contribution in [2.24, 2.45) is 0 Å². The molecule has 3 rings (SSSR count). The van der Waals surface area contributed by atoms with Crippen LogP contribution in [-0.4, -0.2) is 19.9 Å². The van der Waals surface area contributed by atoms with Crippen LogP contribution in [-0.2, 0) is 0 Å². The number of pyridine rings is 1. The standard InChI is InChI=1S/C12H9N5S/c1-2-5-13-10(3-1)17-12-15-6-4-9(16-12)11-14-7-8-18-11/h1-8H,(H,13,15,16,17). The second-order valence-electron chi connectivity index (χ2n) is 3.44. The minimum atomic E-state index is 0.515. The summed E-state index contributed by atoms with van der Waals surface area (Å²) < 4.78 is 0. The summed E-state index contributed by atoms with van der Waals surface area (Å²) >= 11 is 1.55. The maximum Gasteiger partial charge on any atom is 0.228 e. The Balaban J connectivity index is 1.88. The molecule has 0 aliphatic heterocycles. The molecule has 3 heterocycles. The van der Waals surface area contributed by atoms with E-state index in [4.69, 9.17) is 0 Å². The molecule has 0 fully saturated rings. The minimum absolute atomic E-state index is 0.515. The van der Waals surface area contributed by atoms with E-state index in [1.165, 1.54) is 0 Å². The summed E-state index contributed by atoms with van der Waals surface area (Å²) in [6.45, 7) is 0. The van der Waals surface area contributed by atoms with E-state index in [0.29, 0.717) is 11.8 Å². The van der Waals surface area contributed by atoms with Gasteiger partial charge in [-0.2, -0.15) is 0 Å². The van der Waals surface area contributed by atoms with Gasteiger partial charge >= 0.3 is 0 Å². The van der Waals surface area contributed by atoms with Crippen molar-refractivity contribution in [3.8, 4) is 10.7 Å². The van der Waals surface area contributed by atoms with Crippen molar-refractivity contribution >= 4 is 23.1 Å². The van der Waals surface area contributed by atoms with Gasteiger partial charge in [-0.15, -0.1) is 11.3 Å². The Morgan fingerprint density at radius 3 is 2.72 bits per heavy atom. The summed E-state index contributed by atoms with van der Waals surface area (Å²) in [6.07, 6.45) is 5.18. The van der Waals surface area contributed by atoms with E-state index in [2.05, 4.69) is 25.3 Å². The van der Waals surface area contributed by atoms with Crippen molar-refractivity contribution < 1.29 is 0 Å². The smallest absolute Gasteiger partial charge is 0.228 e. The van der Waals surface area contributed by atoms with E-state index >= 15 is 0 Å². The van der Waals surface area contributed by atoms with Crippen molar-refractivity contribution in [2.75, 3.05) is 5.32 Å². The number of anilines is 2. The molecule has 3 aromatic rings. The first-order valence-corrected chi connectivity index (χ1v) is 6.21. The Morgan fingerprint density at radius 2 is 1.94 bits per heavy atom.